The third-order valence-corrected chi connectivity index (χ3v) is 4.77. The lowest BCUT2D eigenvalue weighted by Crippen LogP contribution is -2.27. The summed E-state index contributed by atoms with van der Waals surface area (Å²) in [6.45, 7) is 0.542. The van der Waals surface area contributed by atoms with Crippen LogP contribution in [0, 0.1) is 0 Å². The zero-order chi connectivity index (χ0) is 21.7. The predicted molar refractivity (Wildman–Crippen MR) is 115 cm³/mol. The number of nitrogens with zero attached hydrogens (tertiary/aromatic N) is 3. The van der Waals surface area contributed by atoms with Crippen LogP contribution in [0.1, 0.15) is 17.5 Å². The van der Waals surface area contributed by atoms with Crippen molar-refractivity contribution in [3.8, 4) is 11.5 Å². The van der Waals surface area contributed by atoms with Gasteiger partial charge in [0.05, 0.1) is 32.9 Å². The fourth-order valence-corrected chi connectivity index (χ4v) is 3.08. The highest BCUT2D eigenvalue weighted by Gasteiger charge is 2.22. The van der Waals surface area contributed by atoms with Crippen molar-refractivity contribution in [3.05, 3.63) is 53.6 Å². The van der Waals surface area contributed by atoms with E-state index in [1.807, 2.05) is 30.3 Å². The van der Waals surface area contributed by atoms with Crippen molar-refractivity contribution in [1.82, 2.24) is 9.91 Å². The van der Waals surface area contributed by atoms with Crippen LogP contribution < -0.4 is 14.8 Å². The molecule has 0 radical (unpaired) electrons. The second kappa shape index (κ2) is 9.30. The molecule has 8 heteroatoms. The van der Waals surface area contributed by atoms with Crippen LogP contribution in [-0.2, 0) is 11.2 Å². The van der Waals surface area contributed by atoms with E-state index in [-0.39, 0.29) is 18.4 Å². The maximum absolute atomic E-state index is 12.7. The van der Waals surface area contributed by atoms with Crippen LogP contribution in [0.4, 0.5) is 10.5 Å². The molecule has 0 saturated carbocycles. The van der Waals surface area contributed by atoms with E-state index < -0.39 is 0 Å². The number of rotatable bonds is 6. The smallest absolute Gasteiger partial charge is 0.321 e. The summed E-state index contributed by atoms with van der Waals surface area (Å²) in [6.07, 6.45) is 0.910. The van der Waals surface area contributed by atoms with Gasteiger partial charge in [0.2, 0.25) is 5.91 Å². The number of methoxy groups -OCH3 is 2. The summed E-state index contributed by atoms with van der Waals surface area (Å²) in [5.41, 5.74) is 3.32. The average molecular weight is 410 g/mol. The van der Waals surface area contributed by atoms with Crippen LogP contribution in [0.3, 0.4) is 0 Å². The van der Waals surface area contributed by atoms with E-state index >= 15 is 0 Å². The molecule has 158 valence electrons. The second-order valence-electron chi connectivity index (χ2n) is 7.08. The lowest BCUT2D eigenvalue weighted by Gasteiger charge is -2.13. The second-order valence-corrected chi connectivity index (χ2v) is 7.08. The number of benzene rings is 2. The summed E-state index contributed by atoms with van der Waals surface area (Å²) in [7, 11) is 6.51. The van der Waals surface area contributed by atoms with E-state index in [1.54, 1.807) is 40.4 Å². The highest BCUT2D eigenvalue weighted by atomic mass is 16.5. The first-order valence-corrected chi connectivity index (χ1v) is 9.58. The van der Waals surface area contributed by atoms with Gasteiger partial charge < -0.3 is 19.7 Å². The van der Waals surface area contributed by atoms with E-state index in [1.165, 1.54) is 9.91 Å². The first-order valence-electron chi connectivity index (χ1n) is 9.58. The highest BCUT2D eigenvalue weighted by Crippen LogP contribution is 2.28. The van der Waals surface area contributed by atoms with Crippen LogP contribution in [-0.4, -0.2) is 62.4 Å². The van der Waals surface area contributed by atoms with Crippen molar-refractivity contribution in [1.29, 1.82) is 0 Å². The van der Waals surface area contributed by atoms with Gasteiger partial charge in [0.15, 0.2) is 11.5 Å². The van der Waals surface area contributed by atoms with E-state index in [9.17, 15) is 9.59 Å². The van der Waals surface area contributed by atoms with Crippen molar-refractivity contribution < 1.29 is 19.1 Å². The fourth-order valence-electron chi connectivity index (χ4n) is 3.08. The topological polar surface area (TPSA) is 83.5 Å². The molecular weight excluding hydrogens is 384 g/mol. The van der Waals surface area contributed by atoms with Crippen molar-refractivity contribution in [2.24, 2.45) is 5.10 Å². The van der Waals surface area contributed by atoms with Gasteiger partial charge in [-0.25, -0.2) is 9.80 Å². The molecule has 0 spiro atoms. The molecule has 30 heavy (non-hydrogen) atoms. The molecule has 0 unspecified atom stereocenters. The quantitative estimate of drug-likeness (QED) is 0.794. The van der Waals surface area contributed by atoms with Crippen molar-refractivity contribution >= 4 is 23.3 Å². The number of urea groups is 1. The first kappa shape index (κ1) is 21.2. The first-order chi connectivity index (χ1) is 14.4. The van der Waals surface area contributed by atoms with Gasteiger partial charge in [-0.3, -0.25) is 4.79 Å². The zero-order valence-electron chi connectivity index (χ0n) is 17.6. The van der Waals surface area contributed by atoms with Crippen molar-refractivity contribution in [3.63, 3.8) is 0 Å². The third kappa shape index (κ3) is 4.89. The number of carbonyl (C=O) groups is 2. The molecule has 2 aromatic carbocycles. The number of amides is 3. The summed E-state index contributed by atoms with van der Waals surface area (Å²) in [4.78, 5) is 25.9. The van der Waals surface area contributed by atoms with E-state index in [2.05, 4.69) is 10.4 Å². The molecule has 1 heterocycles. The van der Waals surface area contributed by atoms with Gasteiger partial charge in [-0.05, 0) is 35.4 Å². The molecule has 0 saturated heterocycles. The van der Waals surface area contributed by atoms with E-state index in [4.69, 9.17) is 9.47 Å². The van der Waals surface area contributed by atoms with Crippen LogP contribution in [0.25, 0.3) is 0 Å². The fraction of sp³-hybridized carbons (Fsp3) is 0.318. The molecule has 0 aromatic heterocycles. The zero-order valence-corrected chi connectivity index (χ0v) is 17.6. The van der Waals surface area contributed by atoms with Crippen LogP contribution in [0.15, 0.2) is 47.6 Å². The maximum atomic E-state index is 12.7. The third-order valence-electron chi connectivity index (χ3n) is 4.77. The van der Waals surface area contributed by atoms with Gasteiger partial charge in [-0.1, -0.05) is 18.2 Å². The molecule has 0 bridgehead atoms. The Morgan fingerprint density at radius 1 is 1.07 bits per heavy atom. The Morgan fingerprint density at radius 3 is 2.40 bits per heavy atom. The van der Waals surface area contributed by atoms with Gasteiger partial charge in [-0.2, -0.15) is 5.10 Å². The van der Waals surface area contributed by atoms with Gasteiger partial charge in [-0.15, -0.1) is 0 Å². The van der Waals surface area contributed by atoms with Crippen LogP contribution >= 0.6 is 0 Å². The van der Waals surface area contributed by atoms with Crippen LogP contribution in [0.2, 0.25) is 0 Å². The summed E-state index contributed by atoms with van der Waals surface area (Å²) < 4.78 is 10.5. The molecule has 3 rings (SSSR count). The molecule has 2 aromatic rings. The summed E-state index contributed by atoms with van der Waals surface area (Å²) in [5, 5.41) is 8.80. The number of hydrogen-bond acceptors (Lipinski definition) is 5. The van der Waals surface area contributed by atoms with Gasteiger partial charge in [0.25, 0.3) is 0 Å². The molecular formula is C22H26N4O4. The lowest BCUT2D eigenvalue weighted by molar-refractivity contribution is -0.130. The summed E-state index contributed by atoms with van der Waals surface area (Å²) in [5.74, 6) is 1.14. The molecule has 8 nitrogen and oxygen atoms in total. The number of nitrogens with one attached hydrogen (secondary N) is 1. The summed E-state index contributed by atoms with van der Waals surface area (Å²) in [6, 6.07) is 12.7. The van der Waals surface area contributed by atoms with Gasteiger partial charge >= 0.3 is 6.03 Å². The molecule has 0 atom stereocenters. The Balaban J connectivity index is 1.65. The SMILES string of the molecule is COc1ccc(CC(=O)N2CCC(c3ccc(NC(=O)N(C)C)cc3)=N2)cc1OC. The molecule has 1 aliphatic heterocycles. The minimum absolute atomic E-state index is 0.0768. The Bertz CT molecular complexity index is 954. The number of carbonyl (C=O) groups excluding carboxylic acids is 2. The standard InChI is InChI=1S/C22H26N4O4/c1-25(2)22(28)23-17-8-6-16(7-9-17)18-11-12-26(24-18)21(27)14-15-5-10-19(29-3)20(13-15)30-4/h5-10,13H,11-12,14H2,1-4H3,(H,23,28). The predicted octanol–water partition coefficient (Wildman–Crippen LogP) is 2.98. The molecule has 0 fully saturated rings. The van der Waals surface area contributed by atoms with E-state index in [0.717, 1.165) is 16.8 Å². The normalized spacial score (nSPS) is 12.9. The Morgan fingerprint density at radius 2 is 1.77 bits per heavy atom. The minimum Gasteiger partial charge on any atom is -0.493 e. The Labute approximate surface area is 176 Å². The number of hydrogen-bond donors (Lipinski definition) is 1. The lowest BCUT2D eigenvalue weighted by atomic mass is 10.1. The van der Waals surface area contributed by atoms with Crippen LogP contribution in [0.5, 0.6) is 11.5 Å². The molecule has 3 amide bonds. The number of anilines is 1. The maximum Gasteiger partial charge on any atom is 0.321 e. The number of ether oxygens (including phenoxy) is 2. The average Bonchev–Trinajstić information content (AvgIpc) is 3.24. The molecule has 1 aliphatic rings. The highest BCUT2D eigenvalue weighted by molar-refractivity contribution is 6.03. The van der Waals surface area contributed by atoms with Crippen molar-refractivity contribution in [2.45, 2.75) is 12.8 Å². The molecule has 0 aliphatic carbocycles. The van der Waals surface area contributed by atoms with Crippen molar-refractivity contribution in [2.75, 3.05) is 40.2 Å². The van der Waals surface area contributed by atoms with Gasteiger partial charge in [0, 0.05) is 26.2 Å². The van der Waals surface area contributed by atoms with Gasteiger partial charge in [0.1, 0.15) is 0 Å². The summed E-state index contributed by atoms with van der Waals surface area (Å²) >= 11 is 0. The van der Waals surface area contributed by atoms with E-state index in [0.29, 0.717) is 30.2 Å². The monoisotopic (exact) mass is 410 g/mol. The minimum atomic E-state index is -0.187. The largest absolute Gasteiger partial charge is 0.493 e. The Hall–Kier alpha value is -3.55. The Kier molecular flexibility index (Phi) is 6.56. The number of hydrazone groups is 1. The molecule has 1 N–H and O–H groups in total.